The number of rotatable bonds is 8. The van der Waals surface area contributed by atoms with Gasteiger partial charge in [-0.15, -0.1) is 0 Å². The summed E-state index contributed by atoms with van der Waals surface area (Å²) in [6, 6.07) is 73.7. The van der Waals surface area contributed by atoms with E-state index in [1.54, 1.807) is 0 Å². The van der Waals surface area contributed by atoms with Gasteiger partial charge in [-0.25, -0.2) is 0 Å². The molecule has 0 aliphatic carbocycles. The van der Waals surface area contributed by atoms with Gasteiger partial charge in [-0.2, -0.15) is 0 Å². The monoisotopic (exact) mass is 768 g/mol. The normalized spacial score (nSPS) is 12.3. The Labute approximate surface area is 356 Å². The molecule has 0 spiro atoms. The minimum absolute atomic E-state index is 0.103. The van der Waals surface area contributed by atoms with Gasteiger partial charge in [-0.3, -0.25) is 0 Å². The lowest BCUT2D eigenvalue weighted by molar-refractivity contribution is 1.20. The first-order chi connectivity index (χ1) is 31.4. The molecule has 0 unspecified atom stereocenters. The lowest BCUT2D eigenvalue weighted by atomic mass is 9.98. The Bertz CT molecular complexity index is 3490. The molecule has 0 N–H and O–H groups in total. The Balaban J connectivity index is 1.04. The van der Waals surface area contributed by atoms with E-state index >= 15 is 0 Å². The average molecular weight is 769 g/mol. The number of hydrogen-bond acceptors (Lipinski definition) is 1. The number of anilines is 3. The molecule has 2 heteroatoms. The maximum Gasteiger partial charge on any atom is 0.0645 e. The van der Waals surface area contributed by atoms with Crippen LogP contribution in [0.3, 0.4) is 0 Å². The first-order valence-corrected chi connectivity index (χ1v) is 20.3. The maximum atomic E-state index is 9.66. The summed E-state index contributed by atoms with van der Waals surface area (Å²) in [5, 5.41) is 4.30. The van der Waals surface area contributed by atoms with Crippen molar-refractivity contribution in [2.45, 2.75) is 0 Å². The lowest BCUT2D eigenvalue weighted by Crippen LogP contribution is -2.09. The molecule has 11 rings (SSSR count). The van der Waals surface area contributed by atoms with Gasteiger partial charge >= 0.3 is 0 Å². The van der Waals surface area contributed by atoms with Gasteiger partial charge in [-0.05, 0) is 117 Å². The SMILES string of the molecule is [2H]c1c([2H])c(N(c2ccc(-c3ccccc3)cc2)c2ccc(-c3cccc(-c4ccccc4)c3)cc2)c([2H])c([2H])c1-c1ccc2c(c1)c1ccccc1n2-c1cccc2ccccc12. The molecule has 0 bridgehead atoms. The van der Waals surface area contributed by atoms with E-state index in [1.165, 1.54) is 0 Å². The first kappa shape index (κ1) is 31.1. The van der Waals surface area contributed by atoms with E-state index in [4.69, 9.17) is 0 Å². The minimum Gasteiger partial charge on any atom is -0.311 e. The van der Waals surface area contributed by atoms with Crippen LogP contribution in [-0.2, 0) is 0 Å². The molecule has 0 aliphatic rings. The van der Waals surface area contributed by atoms with E-state index in [0.29, 0.717) is 11.3 Å². The van der Waals surface area contributed by atoms with Gasteiger partial charge in [-0.1, -0.05) is 176 Å². The van der Waals surface area contributed by atoms with Crippen molar-refractivity contribution in [2.75, 3.05) is 4.90 Å². The summed E-state index contributed by atoms with van der Waals surface area (Å²) < 4.78 is 40.8. The second kappa shape index (κ2) is 15.1. The molecule has 282 valence electrons. The molecular weight excluding hydrogens is 725 g/mol. The van der Waals surface area contributed by atoms with Crippen molar-refractivity contribution in [3.05, 3.63) is 243 Å². The van der Waals surface area contributed by atoms with Crippen molar-refractivity contribution in [1.82, 2.24) is 4.57 Å². The van der Waals surface area contributed by atoms with Gasteiger partial charge in [0.25, 0.3) is 0 Å². The Morgan fingerprint density at radius 3 is 1.45 bits per heavy atom. The van der Waals surface area contributed by atoms with Crippen LogP contribution >= 0.6 is 0 Å². The van der Waals surface area contributed by atoms with Crippen molar-refractivity contribution in [3.63, 3.8) is 0 Å². The summed E-state index contributed by atoms with van der Waals surface area (Å²) in [7, 11) is 0. The summed E-state index contributed by atoms with van der Waals surface area (Å²) in [5.41, 5.74) is 12.1. The third kappa shape index (κ3) is 6.41. The van der Waals surface area contributed by atoms with E-state index in [2.05, 4.69) is 120 Å². The lowest BCUT2D eigenvalue weighted by Gasteiger charge is -2.26. The zero-order chi connectivity index (χ0) is 43.3. The highest BCUT2D eigenvalue weighted by molar-refractivity contribution is 6.11. The molecule has 2 nitrogen and oxygen atoms in total. The quantitative estimate of drug-likeness (QED) is 0.149. The second-order valence-corrected chi connectivity index (χ2v) is 15.0. The molecular formula is C58H40N2. The van der Waals surface area contributed by atoms with Crippen LogP contribution in [-0.4, -0.2) is 4.57 Å². The molecule has 0 atom stereocenters. The number of nitrogens with zero attached hydrogens (tertiary/aromatic N) is 2. The molecule has 60 heavy (non-hydrogen) atoms. The summed E-state index contributed by atoms with van der Waals surface area (Å²) in [6.45, 7) is 0. The van der Waals surface area contributed by atoms with Crippen molar-refractivity contribution in [2.24, 2.45) is 0 Å². The third-order valence-corrected chi connectivity index (χ3v) is 11.5. The summed E-state index contributed by atoms with van der Waals surface area (Å²) >= 11 is 0. The highest BCUT2D eigenvalue weighted by Crippen LogP contribution is 2.40. The predicted molar refractivity (Wildman–Crippen MR) is 255 cm³/mol. The standard InChI is InChI=1S/C58H40N2/c1-3-13-41(14-4-1)43-25-32-50(33-26-43)59(51-34-27-44(28-35-51)48-20-11-19-47(39-48)42-15-5-2-6-16-42)52-36-29-45(30-37-52)49-31-38-58-55(40-49)54-22-9-10-23-57(54)60(58)56-24-12-18-46-17-7-8-21-53(46)56/h1-40H/i29D,30D,36D,37D. The van der Waals surface area contributed by atoms with E-state index in [0.717, 1.165) is 77.3 Å². The van der Waals surface area contributed by atoms with Crippen LogP contribution in [0.5, 0.6) is 0 Å². The third-order valence-electron chi connectivity index (χ3n) is 11.5. The topological polar surface area (TPSA) is 8.17 Å². The fraction of sp³-hybridized carbons (Fsp3) is 0. The van der Waals surface area contributed by atoms with Crippen LogP contribution in [0.2, 0.25) is 0 Å². The first-order valence-electron chi connectivity index (χ1n) is 22.3. The van der Waals surface area contributed by atoms with Crippen molar-refractivity contribution in [1.29, 1.82) is 0 Å². The Kier molecular flexibility index (Phi) is 7.83. The molecule has 0 saturated heterocycles. The molecule has 0 radical (unpaired) electrons. The van der Waals surface area contributed by atoms with Gasteiger partial charge < -0.3 is 9.47 Å². The van der Waals surface area contributed by atoms with Crippen LogP contribution in [0, 0.1) is 0 Å². The highest BCUT2D eigenvalue weighted by atomic mass is 15.1. The van der Waals surface area contributed by atoms with Gasteiger partial charge in [0, 0.05) is 33.2 Å². The summed E-state index contributed by atoms with van der Waals surface area (Å²) in [4.78, 5) is 1.85. The van der Waals surface area contributed by atoms with E-state index in [-0.39, 0.29) is 35.4 Å². The molecule has 1 heterocycles. The molecule has 0 amide bonds. The number of para-hydroxylation sites is 1. The molecule has 10 aromatic carbocycles. The second-order valence-electron chi connectivity index (χ2n) is 15.0. The van der Waals surface area contributed by atoms with Crippen LogP contribution in [0.25, 0.3) is 82.8 Å². The van der Waals surface area contributed by atoms with Crippen LogP contribution < -0.4 is 4.90 Å². The zero-order valence-electron chi connectivity index (χ0n) is 36.7. The average Bonchev–Trinajstić information content (AvgIpc) is 3.69. The van der Waals surface area contributed by atoms with Gasteiger partial charge in [0.2, 0.25) is 0 Å². The van der Waals surface area contributed by atoms with Crippen LogP contribution in [0.4, 0.5) is 17.1 Å². The highest BCUT2D eigenvalue weighted by Gasteiger charge is 2.17. The van der Waals surface area contributed by atoms with Crippen molar-refractivity contribution < 1.29 is 5.48 Å². The predicted octanol–water partition coefficient (Wildman–Crippen LogP) is 16.1. The van der Waals surface area contributed by atoms with Crippen molar-refractivity contribution in [3.8, 4) is 50.2 Å². The van der Waals surface area contributed by atoms with E-state index in [9.17, 15) is 5.48 Å². The van der Waals surface area contributed by atoms with Gasteiger partial charge in [0.05, 0.1) is 22.2 Å². The smallest absolute Gasteiger partial charge is 0.0645 e. The largest absolute Gasteiger partial charge is 0.311 e. The van der Waals surface area contributed by atoms with Gasteiger partial charge in [0.15, 0.2) is 0 Å². The minimum atomic E-state index is -0.124. The Morgan fingerprint density at radius 1 is 0.300 bits per heavy atom. The van der Waals surface area contributed by atoms with Crippen molar-refractivity contribution >= 4 is 49.6 Å². The van der Waals surface area contributed by atoms with E-state index < -0.39 is 0 Å². The molecule has 11 aromatic rings. The van der Waals surface area contributed by atoms with E-state index in [1.807, 2.05) is 108 Å². The zero-order valence-corrected chi connectivity index (χ0v) is 32.7. The molecule has 0 aliphatic heterocycles. The van der Waals surface area contributed by atoms with Gasteiger partial charge in [0.1, 0.15) is 0 Å². The number of fused-ring (bicyclic) bond motifs is 4. The fourth-order valence-corrected chi connectivity index (χ4v) is 8.51. The molecule has 0 saturated carbocycles. The Hall–Kier alpha value is -7.94. The summed E-state index contributed by atoms with van der Waals surface area (Å²) in [6.07, 6.45) is 0. The number of benzene rings is 10. The molecule has 1 aromatic heterocycles. The summed E-state index contributed by atoms with van der Waals surface area (Å²) in [5.74, 6) is 0. The van der Waals surface area contributed by atoms with Crippen LogP contribution in [0.1, 0.15) is 5.48 Å². The number of hydrogen-bond donors (Lipinski definition) is 0. The maximum absolute atomic E-state index is 9.66. The molecule has 0 fully saturated rings. The van der Waals surface area contributed by atoms with Crippen LogP contribution in [0.15, 0.2) is 243 Å². The Morgan fingerprint density at radius 2 is 0.767 bits per heavy atom. The fourth-order valence-electron chi connectivity index (χ4n) is 8.51. The number of aromatic nitrogens is 1.